The second-order valence-corrected chi connectivity index (χ2v) is 7.09. The maximum absolute atomic E-state index is 12.0. The number of carbonyl (C=O) groups is 1. The van der Waals surface area contributed by atoms with Crippen LogP contribution in [-0.2, 0) is 6.54 Å². The standard InChI is InChI=1S/C19H30N4O/c24-19(22-17-8-4-3-5-9-17)21-15-16-10-11-18(20-14-16)23-12-6-1-2-7-13-23/h10-11,14,17H,1-9,12-13,15H2,(H2,21,22,24). The van der Waals surface area contributed by atoms with Gasteiger partial charge < -0.3 is 15.5 Å². The number of aromatic nitrogens is 1. The molecule has 24 heavy (non-hydrogen) atoms. The van der Waals surface area contributed by atoms with Gasteiger partial charge in [-0.15, -0.1) is 0 Å². The maximum atomic E-state index is 12.0. The van der Waals surface area contributed by atoms with Crippen LogP contribution in [0.5, 0.6) is 0 Å². The molecule has 2 heterocycles. The number of rotatable bonds is 4. The van der Waals surface area contributed by atoms with Crippen LogP contribution in [-0.4, -0.2) is 30.1 Å². The minimum absolute atomic E-state index is 0.0569. The van der Waals surface area contributed by atoms with Gasteiger partial charge in [0.25, 0.3) is 0 Å². The lowest BCUT2D eigenvalue weighted by Gasteiger charge is -2.23. The van der Waals surface area contributed by atoms with Gasteiger partial charge in [-0.05, 0) is 37.3 Å². The monoisotopic (exact) mass is 330 g/mol. The summed E-state index contributed by atoms with van der Waals surface area (Å²) in [6, 6.07) is 4.45. The average Bonchev–Trinajstić information content (AvgIpc) is 2.91. The van der Waals surface area contributed by atoms with Crippen LogP contribution in [0, 0.1) is 0 Å². The van der Waals surface area contributed by atoms with Crippen molar-refractivity contribution in [2.45, 2.75) is 70.4 Å². The first kappa shape index (κ1) is 17.1. The molecular weight excluding hydrogens is 300 g/mol. The van der Waals surface area contributed by atoms with Gasteiger partial charge in [-0.25, -0.2) is 9.78 Å². The van der Waals surface area contributed by atoms with E-state index < -0.39 is 0 Å². The first-order valence-corrected chi connectivity index (χ1v) is 9.55. The van der Waals surface area contributed by atoms with E-state index in [0.29, 0.717) is 12.6 Å². The summed E-state index contributed by atoms with van der Waals surface area (Å²) >= 11 is 0. The summed E-state index contributed by atoms with van der Waals surface area (Å²) in [5.74, 6) is 1.06. The lowest BCUT2D eigenvalue weighted by Crippen LogP contribution is -2.42. The van der Waals surface area contributed by atoms with Crippen LogP contribution in [0.25, 0.3) is 0 Å². The van der Waals surface area contributed by atoms with Crippen molar-refractivity contribution in [3.8, 4) is 0 Å². The molecule has 1 aliphatic heterocycles. The smallest absolute Gasteiger partial charge is 0.315 e. The van der Waals surface area contributed by atoms with Gasteiger partial charge in [-0.2, -0.15) is 0 Å². The van der Waals surface area contributed by atoms with E-state index in [1.54, 1.807) is 0 Å². The van der Waals surface area contributed by atoms with Gasteiger partial charge in [-0.1, -0.05) is 38.2 Å². The zero-order chi connectivity index (χ0) is 16.6. The Balaban J connectivity index is 1.44. The van der Waals surface area contributed by atoms with Gasteiger partial charge in [0.15, 0.2) is 0 Å². The van der Waals surface area contributed by atoms with Gasteiger partial charge in [0.2, 0.25) is 0 Å². The topological polar surface area (TPSA) is 57.3 Å². The van der Waals surface area contributed by atoms with E-state index in [-0.39, 0.29) is 6.03 Å². The van der Waals surface area contributed by atoms with Crippen molar-refractivity contribution in [2.24, 2.45) is 0 Å². The Morgan fingerprint density at radius 1 is 1.04 bits per heavy atom. The van der Waals surface area contributed by atoms with Crippen LogP contribution in [0.1, 0.15) is 63.4 Å². The van der Waals surface area contributed by atoms with Gasteiger partial charge >= 0.3 is 6.03 Å². The number of urea groups is 1. The molecule has 0 atom stereocenters. The van der Waals surface area contributed by atoms with Crippen LogP contribution in [0.4, 0.5) is 10.6 Å². The first-order valence-electron chi connectivity index (χ1n) is 9.55. The molecule has 132 valence electrons. The van der Waals surface area contributed by atoms with Crippen molar-refractivity contribution in [1.29, 1.82) is 0 Å². The molecule has 1 saturated heterocycles. The molecule has 0 unspecified atom stereocenters. The maximum Gasteiger partial charge on any atom is 0.315 e. The molecule has 0 bridgehead atoms. The largest absolute Gasteiger partial charge is 0.357 e. The normalized spacial score (nSPS) is 19.6. The Labute approximate surface area is 145 Å². The molecule has 3 rings (SSSR count). The number of amides is 2. The van der Waals surface area contributed by atoms with Crippen LogP contribution in [0.15, 0.2) is 18.3 Å². The molecule has 2 N–H and O–H groups in total. The molecule has 2 amide bonds. The van der Waals surface area contributed by atoms with Gasteiger partial charge in [-0.3, -0.25) is 0 Å². The molecule has 1 aromatic heterocycles. The van der Waals surface area contributed by atoms with E-state index in [9.17, 15) is 4.79 Å². The van der Waals surface area contributed by atoms with E-state index in [0.717, 1.165) is 37.3 Å². The summed E-state index contributed by atoms with van der Waals surface area (Å²) in [5, 5.41) is 6.03. The zero-order valence-corrected chi connectivity index (χ0v) is 14.6. The van der Waals surface area contributed by atoms with Crippen molar-refractivity contribution < 1.29 is 4.79 Å². The van der Waals surface area contributed by atoms with Crippen molar-refractivity contribution >= 4 is 11.8 Å². The number of hydrogen-bond acceptors (Lipinski definition) is 3. The third-order valence-corrected chi connectivity index (χ3v) is 5.13. The number of nitrogens with zero attached hydrogens (tertiary/aromatic N) is 2. The lowest BCUT2D eigenvalue weighted by molar-refractivity contribution is 0.232. The molecule has 2 aliphatic rings. The summed E-state index contributed by atoms with van der Waals surface area (Å²) in [5.41, 5.74) is 1.05. The predicted molar refractivity (Wildman–Crippen MR) is 97.2 cm³/mol. The van der Waals surface area contributed by atoms with Crippen molar-refractivity contribution in [3.05, 3.63) is 23.9 Å². The Kier molecular flexibility index (Phi) is 6.33. The molecular formula is C19H30N4O. The third-order valence-electron chi connectivity index (χ3n) is 5.13. The van der Waals surface area contributed by atoms with Crippen molar-refractivity contribution in [3.63, 3.8) is 0 Å². The second-order valence-electron chi connectivity index (χ2n) is 7.09. The Hall–Kier alpha value is -1.78. The Bertz CT molecular complexity index is 503. The van der Waals surface area contributed by atoms with E-state index in [1.807, 2.05) is 6.20 Å². The second kappa shape index (κ2) is 8.90. The summed E-state index contributed by atoms with van der Waals surface area (Å²) in [7, 11) is 0. The van der Waals surface area contributed by atoms with Crippen LogP contribution in [0.3, 0.4) is 0 Å². The highest BCUT2D eigenvalue weighted by Crippen LogP contribution is 2.18. The number of anilines is 1. The number of carbonyl (C=O) groups excluding carboxylic acids is 1. The van der Waals surface area contributed by atoms with Crippen LogP contribution >= 0.6 is 0 Å². The Morgan fingerprint density at radius 2 is 1.75 bits per heavy atom. The fourth-order valence-corrected chi connectivity index (χ4v) is 3.67. The molecule has 1 saturated carbocycles. The highest BCUT2D eigenvalue weighted by atomic mass is 16.2. The summed E-state index contributed by atoms with van der Waals surface area (Å²) in [6.45, 7) is 2.74. The molecule has 2 fully saturated rings. The fraction of sp³-hybridized carbons (Fsp3) is 0.684. The lowest BCUT2D eigenvalue weighted by atomic mass is 9.96. The highest BCUT2D eigenvalue weighted by Gasteiger charge is 2.15. The Morgan fingerprint density at radius 3 is 2.42 bits per heavy atom. The average molecular weight is 330 g/mol. The molecule has 0 aromatic carbocycles. The molecule has 5 heteroatoms. The SMILES string of the molecule is O=C(NCc1ccc(N2CCCCCC2)nc1)NC1CCCCC1. The van der Waals surface area contributed by atoms with Crippen molar-refractivity contribution in [2.75, 3.05) is 18.0 Å². The molecule has 0 radical (unpaired) electrons. The van der Waals surface area contributed by atoms with E-state index in [4.69, 9.17) is 0 Å². The molecule has 0 spiro atoms. The minimum atomic E-state index is -0.0569. The van der Waals surface area contributed by atoms with Crippen LogP contribution < -0.4 is 15.5 Å². The summed E-state index contributed by atoms with van der Waals surface area (Å²) in [4.78, 5) is 19.0. The van der Waals surface area contributed by atoms with Gasteiger partial charge in [0.1, 0.15) is 5.82 Å². The van der Waals surface area contributed by atoms with E-state index >= 15 is 0 Å². The van der Waals surface area contributed by atoms with Gasteiger partial charge in [0.05, 0.1) is 0 Å². The van der Waals surface area contributed by atoms with E-state index in [2.05, 4.69) is 32.7 Å². The third kappa shape index (κ3) is 5.11. The van der Waals surface area contributed by atoms with Gasteiger partial charge in [0, 0.05) is 31.9 Å². The quantitative estimate of drug-likeness (QED) is 0.887. The first-order chi connectivity index (χ1) is 11.8. The zero-order valence-electron chi connectivity index (χ0n) is 14.6. The van der Waals surface area contributed by atoms with Crippen molar-refractivity contribution in [1.82, 2.24) is 15.6 Å². The highest BCUT2D eigenvalue weighted by molar-refractivity contribution is 5.74. The molecule has 5 nitrogen and oxygen atoms in total. The number of pyridine rings is 1. The summed E-state index contributed by atoms with van der Waals surface area (Å²) in [6.07, 6.45) is 13.0. The fourth-order valence-electron chi connectivity index (χ4n) is 3.67. The molecule has 1 aliphatic carbocycles. The van der Waals surface area contributed by atoms with E-state index in [1.165, 1.54) is 44.9 Å². The predicted octanol–water partition coefficient (Wildman–Crippen LogP) is 3.59. The van der Waals surface area contributed by atoms with Crippen LogP contribution in [0.2, 0.25) is 0 Å². The number of hydrogen-bond donors (Lipinski definition) is 2. The number of nitrogens with one attached hydrogen (secondary N) is 2. The molecule has 1 aromatic rings. The summed E-state index contributed by atoms with van der Waals surface area (Å²) < 4.78 is 0. The minimum Gasteiger partial charge on any atom is -0.357 e.